The number of hydrogen-bond acceptors (Lipinski definition) is 5. The molecule has 1 fully saturated rings. The van der Waals surface area contributed by atoms with E-state index in [-0.39, 0.29) is 0 Å². The van der Waals surface area contributed by atoms with Gasteiger partial charge in [0.15, 0.2) is 0 Å². The van der Waals surface area contributed by atoms with Crippen molar-refractivity contribution >= 4 is 17.7 Å². The first-order valence-corrected chi connectivity index (χ1v) is 12.3. The third-order valence-corrected chi connectivity index (χ3v) is 5.47. The third kappa shape index (κ3) is 18.8. The molecule has 0 bridgehead atoms. The van der Waals surface area contributed by atoms with E-state index < -0.39 is 11.9 Å². The molecule has 0 unspecified atom stereocenters. The number of aliphatic carboxylic acids is 2. The number of oxime groups is 1. The van der Waals surface area contributed by atoms with Crippen LogP contribution in [0, 0.1) is 0 Å². The zero-order valence-electron chi connectivity index (χ0n) is 20.7. The van der Waals surface area contributed by atoms with Gasteiger partial charge in [-0.1, -0.05) is 50.1 Å². The fourth-order valence-corrected chi connectivity index (χ4v) is 3.82. The Morgan fingerprint density at radius 1 is 0.844 bits per heavy atom. The Balaban J connectivity index is 0.00000102. The second kappa shape index (κ2) is 19.8. The van der Waals surface area contributed by atoms with Crippen LogP contribution in [-0.2, 0) is 14.4 Å². The van der Waals surface area contributed by atoms with E-state index in [4.69, 9.17) is 15.1 Å². The summed E-state index contributed by atoms with van der Waals surface area (Å²) < 4.78 is 0. The third-order valence-electron chi connectivity index (χ3n) is 5.47. The Morgan fingerprint density at radius 2 is 1.25 bits per heavy atom. The first-order valence-electron chi connectivity index (χ1n) is 12.3. The van der Waals surface area contributed by atoms with Gasteiger partial charge in [0.05, 0.1) is 5.71 Å². The fraction of sp³-hybridized carbons (Fsp3) is 0.800. The van der Waals surface area contributed by atoms with E-state index >= 15 is 0 Å². The highest BCUT2D eigenvalue weighted by Crippen LogP contribution is 2.15. The number of nitrogens with zero attached hydrogens (tertiary/aromatic N) is 2. The van der Waals surface area contributed by atoms with Crippen molar-refractivity contribution in [2.75, 3.05) is 13.2 Å². The van der Waals surface area contributed by atoms with E-state index in [9.17, 15) is 9.59 Å². The highest BCUT2D eigenvalue weighted by atomic mass is 16.6. The van der Waals surface area contributed by atoms with E-state index in [1.165, 1.54) is 63.5 Å². The fourth-order valence-electron chi connectivity index (χ4n) is 3.82. The number of carbonyl (C=O) groups is 2. The summed E-state index contributed by atoms with van der Waals surface area (Å²) in [5.74, 6) is -2.51. The highest BCUT2D eigenvalue weighted by molar-refractivity contribution is 5.89. The van der Waals surface area contributed by atoms with Crippen molar-refractivity contribution < 1.29 is 24.6 Å². The predicted octanol–water partition coefficient (Wildman–Crippen LogP) is 5.88. The molecule has 0 atom stereocenters. The molecule has 32 heavy (non-hydrogen) atoms. The first-order chi connectivity index (χ1) is 15.2. The Hall–Kier alpha value is -1.89. The summed E-state index contributed by atoms with van der Waals surface area (Å²) in [4.78, 5) is 27.3. The van der Waals surface area contributed by atoms with E-state index in [0.29, 0.717) is 24.2 Å². The zero-order valence-corrected chi connectivity index (χ0v) is 20.7. The lowest BCUT2D eigenvalue weighted by Crippen LogP contribution is -2.38. The molecule has 7 heteroatoms. The van der Waals surface area contributed by atoms with Gasteiger partial charge in [-0.25, -0.2) is 9.59 Å². The second-order valence-corrected chi connectivity index (χ2v) is 8.96. The van der Waals surface area contributed by atoms with Crippen molar-refractivity contribution in [3.63, 3.8) is 0 Å². The van der Waals surface area contributed by atoms with E-state index in [0.717, 1.165) is 32.4 Å². The van der Waals surface area contributed by atoms with Gasteiger partial charge >= 0.3 is 11.9 Å². The van der Waals surface area contributed by atoms with Crippen molar-refractivity contribution in [3.05, 3.63) is 12.2 Å². The Bertz CT molecular complexity index is 521. The number of rotatable bonds is 9. The van der Waals surface area contributed by atoms with Crippen LogP contribution in [-0.4, -0.2) is 58.0 Å². The monoisotopic (exact) mass is 454 g/mol. The Labute approximate surface area is 194 Å². The molecule has 1 aliphatic rings. The van der Waals surface area contributed by atoms with Gasteiger partial charge in [0.1, 0.15) is 6.61 Å². The summed E-state index contributed by atoms with van der Waals surface area (Å²) >= 11 is 0. The maximum Gasteiger partial charge on any atom is 0.328 e. The van der Waals surface area contributed by atoms with Crippen LogP contribution < -0.4 is 0 Å². The van der Waals surface area contributed by atoms with Crippen molar-refractivity contribution in [1.29, 1.82) is 0 Å². The number of carboxylic acids is 2. The molecule has 1 saturated carbocycles. The summed E-state index contributed by atoms with van der Waals surface area (Å²) in [6.45, 7) is 10.9. The molecule has 0 aliphatic heterocycles. The lowest BCUT2D eigenvalue weighted by Gasteiger charge is -2.30. The molecule has 0 aromatic rings. The average Bonchev–Trinajstić information content (AvgIpc) is 2.70. The second-order valence-electron chi connectivity index (χ2n) is 8.96. The SMILES string of the molecule is CC(C)N(CCCON=C1CCCCCCCCCCC1)C(C)C.O=C(O)C=CC(=O)O. The molecular weight excluding hydrogens is 408 g/mol. The van der Waals surface area contributed by atoms with Crippen molar-refractivity contribution in [2.45, 2.75) is 117 Å². The van der Waals surface area contributed by atoms with E-state index in [1.54, 1.807) is 0 Å². The van der Waals surface area contributed by atoms with Crippen LogP contribution in [0.5, 0.6) is 0 Å². The van der Waals surface area contributed by atoms with Gasteiger partial charge < -0.3 is 15.1 Å². The highest BCUT2D eigenvalue weighted by Gasteiger charge is 2.12. The molecule has 1 rings (SSSR count). The molecule has 1 aliphatic carbocycles. The summed E-state index contributed by atoms with van der Waals surface area (Å²) in [6, 6.07) is 1.20. The van der Waals surface area contributed by atoms with Crippen LogP contribution in [0.1, 0.15) is 105 Å². The Kier molecular flexibility index (Phi) is 18.6. The van der Waals surface area contributed by atoms with Gasteiger partial charge in [-0.2, -0.15) is 0 Å². The summed E-state index contributed by atoms with van der Waals surface area (Å²) in [6.07, 6.45) is 16.8. The van der Waals surface area contributed by atoms with Gasteiger partial charge in [-0.15, -0.1) is 0 Å². The smallest absolute Gasteiger partial charge is 0.328 e. The molecule has 2 N–H and O–H groups in total. The van der Waals surface area contributed by atoms with Gasteiger partial charge in [-0.05, 0) is 59.8 Å². The standard InChI is InChI=1S/C21H42N2O.C4H4O4/c1-19(2)23(20(3)4)17-14-18-24-22-21-15-12-10-8-6-5-7-9-11-13-16-21;5-3(6)1-2-4(7)8/h19-20H,5-18H2,1-4H3;1-2H,(H,5,6)(H,7,8). The molecule has 186 valence electrons. The quantitative estimate of drug-likeness (QED) is 0.256. The summed E-state index contributed by atoms with van der Waals surface area (Å²) in [7, 11) is 0. The van der Waals surface area contributed by atoms with Crippen molar-refractivity contribution in [1.82, 2.24) is 4.90 Å². The average molecular weight is 455 g/mol. The number of carboxylic acid groups (broad SMARTS) is 2. The molecular formula is C25H46N2O5. The molecule has 0 saturated heterocycles. The number of hydrogen-bond donors (Lipinski definition) is 2. The minimum atomic E-state index is -1.26. The van der Waals surface area contributed by atoms with Crippen LogP contribution in [0.3, 0.4) is 0 Å². The lowest BCUT2D eigenvalue weighted by molar-refractivity contribution is -0.134. The van der Waals surface area contributed by atoms with E-state index in [1.807, 2.05) is 0 Å². The minimum absolute atomic E-state index is 0.558. The largest absolute Gasteiger partial charge is 0.478 e. The first kappa shape index (κ1) is 30.1. The molecule has 7 nitrogen and oxygen atoms in total. The summed E-state index contributed by atoms with van der Waals surface area (Å²) in [5, 5.41) is 20.1. The molecule has 0 aromatic carbocycles. The molecule has 0 heterocycles. The van der Waals surface area contributed by atoms with Crippen LogP contribution in [0.25, 0.3) is 0 Å². The van der Waals surface area contributed by atoms with Crippen LogP contribution in [0.4, 0.5) is 0 Å². The molecule has 0 amide bonds. The van der Waals surface area contributed by atoms with Crippen molar-refractivity contribution in [2.24, 2.45) is 5.16 Å². The van der Waals surface area contributed by atoms with Crippen molar-refractivity contribution in [3.8, 4) is 0 Å². The lowest BCUT2D eigenvalue weighted by atomic mass is 10.00. The Morgan fingerprint density at radius 3 is 1.62 bits per heavy atom. The predicted molar refractivity (Wildman–Crippen MR) is 130 cm³/mol. The van der Waals surface area contributed by atoms with Gasteiger partial charge in [0.2, 0.25) is 0 Å². The van der Waals surface area contributed by atoms with Gasteiger partial charge in [0, 0.05) is 30.8 Å². The minimum Gasteiger partial charge on any atom is -0.478 e. The van der Waals surface area contributed by atoms with Gasteiger partial charge in [-0.3, -0.25) is 4.90 Å². The van der Waals surface area contributed by atoms with Crippen LogP contribution in [0.2, 0.25) is 0 Å². The van der Waals surface area contributed by atoms with E-state index in [2.05, 4.69) is 37.8 Å². The maximum absolute atomic E-state index is 9.55. The zero-order chi connectivity index (χ0) is 24.2. The summed E-state index contributed by atoms with van der Waals surface area (Å²) in [5.41, 5.74) is 1.31. The molecule has 0 radical (unpaired) electrons. The van der Waals surface area contributed by atoms with Crippen LogP contribution >= 0.6 is 0 Å². The topological polar surface area (TPSA) is 99.4 Å². The maximum atomic E-state index is 9.55. The van der Waals surface area contributed by atoms with Gasteiger partial charge in [0.25, 0.3) is 0 Å². The molecule has 0 aromatic heterocycles. The normalized spacial score (nSPS) is 16.3. The van der Waals surface area contributed by atoms with Crippen LogP contribution in [0.15, 0.2) is 17.3 Å². The molecule has 0 spiro atoms.